The van der Waals surface area contributed by atoms with E-state index in [2.05, 4.69) is 4.98 Å². The van der Waals surface area contributed by atoms with Gasteiger partial charge in [-0.05, 0) is 37.1 Å². The van der Waals surface area contributed by atoms with Gasteiger partial charge >= 0.3 is 5.97 Å². The second-order valence-corrected chi connectivity index (χ2v) is 7.17. The zero-order chi connectivity index (χ0) is 21.7. The zero-order valence-corrected chi connectivity index (χ0v) is 18.0. The second kappa shape index (κ2) is 9.41. The van der Waals surface area contributed by atoms with Crippen molar-refractivity contribution in [2.45, 2.75) is 33.7 Å². The molecule has 0 saturated heterocycles. The van der Waals surface area contributed by atoms with Crippen LogP contribution in [-0.2, 0) is 22.5 Å². The van der Waals surface area contributed by atoms with E-state index >= 15 is 0 Å². The molecule has 7 nitrogen and oxygen atoms in total. The molecule has 1 amide bonds. The number of nitrogens with one attached hydrogen (secondary N) is 1. The lowest BCUT2D eigenvalue weighted by Crippen LogP contribution is -2.32. The fourth-order valence-electron chi connectivity index (χ4n) is 3.28. The van der Waals surface area contributed by atoms with Gasteiger partial charge in [-0.25, -0.2) is 4.79 Å². The molecule has 2 rings (SSSR count). The number of amides is 1. The normalized spacial score (nSPS) is 10.6. The minimum Gasteiger partial charge on any atom is -0.465 e. The summed E-state index contributed by atoms with van der Waals surface area (Å²) in [5, 5.41) is 0. The van der Waals surface area contributed by atoms with E-state index in [4.69, 9.17) is 4.74 Å². The van der Waals surface area contributed by atoms with Crippen molar-refractivity contribution in [2.24, 2.45) is 0 Å². The van der Waals surface area contributed by atoms with E-state index in [0.29, 0.717) is 30.0 Å². The number of esters is 1. The molecule has 0 radical (unpaired) electrons. The van der Waals surface area contributed by atoms with E-state index in [1.807, 2.05) is 50.2 Å². The van der Waals surface area contributed by atoms with Crippen LogP contribution in [0.15, 0.2) is 24.3 Å². The van der Waals surface area contributed by atoms with Gasteiger partial charge in [-0.3, -0.25) is 9.59 Å². The molecule has 0 aliphatic heterocycles. The summed E-state index contributed by atoms with van der Waals surface area (Å²) in [6.07, 6.45) is -0.0117. The number of ether oxygens (including phenoxy) is 1. The van der Waals surface area contributed by atoms with Gasteiger partial charge in [0.1, 0.15) is 0 Å². The Morgan fingerprint density at radius 1 is 1.10 bits per heavy atom. The standard InChI is InChI=1S/C22H29N3O4/c1-7-25(13-16-8-10-17(11-9-16)24(4)5)19(27)12-18-20(22(28)29-6)14(2)21(23-18)15(3)26/h8-11,23H,7,12-13H2,1-6H3. The molecule has 1 heterocycles. The van der Waals surface area contributed by atoms with E-state index in [-0.39, 0.29) is 23.7 Å². The molecule has 2 aromatic rings. The number of likely N-dealkylation sites (N-methyl/N-ethyl adjacent to an activating group) is 1. The van der Waals surface area contributed by atoms with Crippen LogP contribution < -0.4 is 4.90 Å². The van der Waals surface area contributed by atoms with Crippen LogP contribution in [0.2, 0.25) is 0 Å². The Bertz CT molecular complexity index is 898. The molecule has 0 unspecified atom stereocenters. The number of aromatic nitrogens is 1. The number of Topliss-reactive ketones (excluding diaryl/α,β-unsaturated/α-hetero) is 1. The van der Waals surface area contributed by atoms with E-state index in [0.717, 1.165) is 11.3 Å². The molecule has 7 heteroatoms. The first-order valence-electron chi connectivity index (χ1n) is 9.54. The summed E-state index contributed by atoms with van der Waals surface area (Å²) in [7, 11) is 5.23. The average Bonchev–Trinajstić information content (AvgIpc) is 3.01. The first-order chi connectivity index (χ1) is 13.7. The number of benzene rings is 1. The molecule has 0 bridgehead atoms. The number of rotatable bonds is 8. The van der Waals surface area contributed by atoms with Crippen LogP contribution in [-0.4, -0.2) is 55.3 Å². The molecule has 0 spiro atoms. The monoisotopic (exact) mass is 399 g/mol. The Kier molecular flexibility index (Phi) is 7.20. The number of hydrogen-bond acceptors (Lipinski definition) is 5. The minimum absolute atomic E-state index is 0.0117. The van der Waals surface area contributed by atoms with Crippen molar-refractivity contribution in [3.63, 3.8) is 0 Å². The number of H-pyrrole nitrogens is 1. The van der Waals surface area contributed by atoms with Gasteiger partial charge in [0, 0.05) is 45.5 Å². The Morgan fingerprint density at radius 3 is 2.21 bits per heavy atom. The van der Waals surface area contributed by atoms with E-state index in [9.17, 15) is 14.4 Å². The fraction of sp³-hybridized carbons (Fsp3) is 0.409. The van der Waals surface area contributed by atoms with Crippen LogP contribution >= 0.6 is 0 Å². The van der Waals surface area contributed by atoms with E-state index in [1.165, 1.54) is 14.0 Å². The summed E-state index contributed by atoms with van der Waals surface area (Å²) in [5.41, 5.74) is 3.61. The first kappa shape index (κ1) is 22.2. The fourth-order valence-corrected chi connectivity index (χ4v) is 3.28. The number of ketones is 1. The molecule has 0 fully saturated rings. The molecular weight excluding hydrogens is 370 g/mol. The average molecular weight is 399 g/mol. The van der Waals surface area contributed by atoms with Crippen molar-refractivity contribution in [3.8, 4) is 0 Å². The van der Waals surface area contributed by atoms with Crippen LogP contribution in [0.3, 0.4) is 0 Å². The predicted octanol–water partition coefficient (Wildman–Crippen LogP) is 2.97. The number of carbonyl (C=O) groups is 3. The smallest absolute Gasteiger partial charge is 0.339 e. The summed E-state index contributed by atoms with van der Waals surface area (Å²) in [6, 6.07) is 8.02. The number of hydrogen-bond donors (Lipinski definition) is 1. The summed E-state index contributed by atoms with van der Waals surface area (Å²) < 4.78 is 4.85. The quantitative estimate of drug-likeness (QED) is 0.545. The number of nitrogens with zero attached hydrogens (tertiary/aromatic N) is 2. The Morgan fingerprint density at radius 2 is 1.72 bits per heavy atom. The van der Waals surface area contributed by atoms with Gasteiger partial charge in [0.15, 0.2) is 5.78 Å². The molecule has 156 valence electrons. The first-order valence-corrected chi connectivity index (χ1v) is 9.54. The van der Waals surface area contributed by atoms with Crippen molar-refractivity contribution < 1.29 is 19.1 Å². The highest BCUT2D eigenvalue weighted by Crippen LogP contribution is 2.22. The lowest BCUT2D eigenvalue weighted by atomic mass is 10.1. The molecule has 0 aliphatic carbocycles. The van der Waals surface area contributed by atoms with E-state index in [1.54, 1.807) is 11.8 Å². The van der Waals surface area contributed by atoms with E-state index < -0.39 is 5.97 Å². The molecule has 0 aliphatic rings. The van der Waals surface area contributed by atoms with Gasteiger partial charge in [-0.15, -0.1) is 0 Å². The van der Waals surface area contributed by atoms with Crippen molar-refractivity contribution in [1.82, 2.24) is 9.88 Å². The van der Waals surface area contributed by atoms with Gasteiger partial charge < -0.3 is 19.5 Å². The largest absolute Gasteiger partial charge is 0.465 e. The third kappa shape index (κ3) is 5.04. The van der Waals surface area contributed by atoms with Crippen molar-refractivity contribution in [3.05, 3.63) is 52.3 Å². The lowest BCUT2D eigenvalue weighted by Gasteiger charge is -2.22. The molecule has 1 aromatic carbocycles. The molecule has 0 saturated carbocycles. The molecular formula is C22H29N3O4. The highest BCUT2D eigenvalue weighted by molar-refractivity contribution is 6.01. The predicted molar refractivity (Wildman–Crippen MR) is 112 cm³/mol. The van der Waals surface area contributed by atoms with Gasteiger partial charge in [0.25, 0.3) is 0 Å². The molecule has 0 atom stereocenters. The second-order valence-electron chi connectivity index (χ2n) is 7.17. The summed E-state index contributed by atoms with van der Waals surface area (Å²) in [6.45, 7) is 6.00. The van der Waals surface area contributed by atoms with Crippen LogP contribution in [0.4, 0.5) is 5.69 Å². The highest BCUT2D eigenvalue weighted by atomic mass is 16.5. The van der Waals surface area contributed by atoms with Crippen molar-refractivity contribution >= 4 is 23.3 Å². The van der Waals surface area contributed by atoms with Gasteiger partial charge in [-0.2, -0.15) is 0 Å². The Labute approximate surface area is 171 Å². The molecule has 1 aromatic heterocycles. The minimum atomic E-state index is -0.559. The van der Waals surface area contributed by atoms with Crippen molar-refractivity contribution in [1.29, 1.82) is 0 Å². The van der Waals surface area contributed by atoms with Crippen LogP contribution in [0.5, 0.6) is 0 Å². The van der Waals surface area contributed by atoms with Crippen LogP contribution in [0.25, 0.3) is 0 Å². The highest BCUT2D eigenvalue weighted by Gasteiger charge is 2.25. The van der Waals surface area contributed by atoms with Crippen molar-refractivity contribution in [2.75, 3.05) is 32.6 Å². The summed E-state index contributed by atoms with van der Waals surface area (Å²) in [4.78, 5) is 43.7. The van der Waals surface area contributed by atoms with Gasteiger partial charge in [0.2, 0.25) is 5.91 Å². The van der Waals surface area contributed by atoms with Crippen LogP contribution in [0, 0.1) is 6.92 Å². The Hall–Kier alpha value is -3.09. The molecule has 29 heavy (non-hydrogen) atoms. The lowest BCUT2D eigenvalue weighted by molar-refractivity contribution is -0.130. The van der Waals surface area contributed by atoms with Gasteiger partial charge in [-0.1, -0.05) is 12.1 Å². The number of methoxy groups -OCH3 is 1. The summed E-state index contributed by atoms with van der Waals surface area (Å²) >= 11 is 0. The van der Waals surface area contributed by atoms with Gasteiger partial charge in [0.05, 0.1) is 24.8 Å². The van der Waals surface area contributed by atoms with Crippen LogP contribution in [0.1, 0.15) is 51.5 Å². The maximum absolute atomic E-state index is 12.9. The zero-order valence-electron chi connectivity index (χ0n) is 18.0. The number of carbonyl (C=O) groups excluding carboxylic acids is 3. The maximum atomic E-state index is 12.9. The SMILES string of the molecule is CCN(Cc1ccc(N(C)C)cc1)C(=O)Cc1[nH]c(C(C)=O)c(C)c1C(=O)OC. The topological polar surface area (TPSA) is 82.7 Å². The Balaban J connectivity index is 2.23. The number of aromatic amines is 1. The summed E-state index contributed by atoms with van der Waals surface area (Å²) in [5.74, 6) is -0.887. The third-order valence-electron chi connectivity index (χ3n) is 4.96. The number of anilines is 1. The molecule has 1 N–H and O–H groups in total. The maximum Gasteiger partial charge on any atom is 0.339 e. The third-order valence-corrected chi connectivity index (χ3v) is 4.96.